The summed E-state index contributed by atoms with van der Waals surface area (Å²) in [5, 5.41) is 5.62. The molecule has 0 aliphatic rings. The third kappa shape index (κ3) is 5.42. The van der Waals surface area contributed by atoms with Crippen molar-refractivity contribution in [2.24, 2.45) is 5.92 Å². The number of amides is 2. The molecule has 8 heteroatoms. The van der Waals surface area contributed by atoms with E-state index in [1.165, 1.54) is 19.4 Å². The highest BCUT2D eigenvalue weighted by molar-refractivity contribution is 6.04. The van der Waals surface area contributed by atoms with Crippen LogP contribution >= 0.6 is 0 Å². The number of aromatic nitrogens is 2. The molecule has 2 amide bonds. The Morgan fingerprint density at radius 3 is 2.57 bits per heavy atom. The summed E-state index contributed by atoms with van der Waals surface area (Å²) in [5.74, 6) is -0.0437. The molecule has 0 spiro atoms. The van der Waals surface area contributed by atoms with Crippen LogP contribution < -0.4 is 20.1 Å². The highest BCUT2D eigenvalue weighted by Crippen LogP contribution is 2.22. The molecule has 2 aromatic heterocycles. The predicted octanol–water partition coefficient (Wildman–Crippen LogP) is 2.97. The van der Waals surface area contributed by atoms with Gasteiger partial charge in [-0.1, -0.05) is 19.9 Å². The minimum atomic E-state index is -0.375. The summed E-state index contributed by atoms with van der Waals surface area (Å²) in [6.45, 7) is 7.60. The Labute approximate surface area is 164 Å². The first kappa shape index (κ1) is 21.1. The molecule has 0 radical (unpaired) electrons. The van der Waals surface area contributed by atoms with Gasteiger partial charge in [0.15, 0.2) is 0 Å². The molecule has 0 saturated heterocycles. The van der Waals surface area contributed by atoms with E-state index in [-0.39, 0.29) is 29.3 Å². The van der Waals surface area contributed by atoms with Gasteiger partial charge in [-0.2, -0.15) is 0 Å². The van der Waals surface area contributed by atoms with E-state index in [2.05, 4.69) is 20.6 Å². The van der Waals surface area contributed by atoms with Crippen LogP contribution in [0.4, 0.5) is 5.69 Å². The van der Waals surface area contributed by atoms with Gasteiger partial charge in [-0.25, -0.2) is 9.97 Å². The molecule has 2 N–H and O–H groups in total. The normalized spacial score (nSPS) is 11.6. The number of hydrogen-bond acceptors (Lipinski definition) is 6. The van der Waals surface area contributed by atoms with Crippen LogP contribution in [-0.4, -0.2) is 35.5 Å². The molecule has 150 valence electrons. The maximum Gasteiger partial charge on any atom is 0.254 e. The number of carbonyl (C=O) groups is 2. The standard InChI is InChI=1S/C20H26N4O4/c1-6-28-18-10-14(16(11-21-18)24-19(25)12(2)3)20(26)22-13(4)15-8-7-9-17(23-15)27-5/h7-13H,6H2,1-5H3,(H,22,26)(H,24,25). The summed E-state index contributed by atoms with van der Waals surface area (Å²) < 4.78 is 10.5. The number of methoxy groups -OCH3 is 1. The zero-order valence-electron chi connectivity index (χ0n) is 16.8. The van der Waals surface area contributed by atoms with Crippen molar-refractivity contribution in [2.45, 2.75) is 33.7 Å². The Kier molecular flexibility index (Phi) is 7.31. The summed E-state index contributed by atoms with van der Waals surface area (Å²) in [5.41, 5.74) is 1.24. The molecule has 2 heterocycles. The van der Waals surface area contributed by atoms with Gasteiger partial charge in [0.2, 0.25) is 17.7 Å². The van der Waals surface area contributed by atoms with Gasteiger partial charge in [0.1, 0.15) is 0 Å². The molecule has 0 fully saturated rings. The Bertz CT molecular complexity index is 839. The van der Waals surface area contributed by atoms with Crippen LogP contribution in [0.2, 0.25) is 0 Å². The fraction of sp³-hybridized carbons (Fsp3) is 0.400. The van der Waals surface area contributed by atoms with Crippen LogP contribution in [0, 0.1) is 5.92 Å². The Morgan fingerprint density at radius 2 is 1.93 bits per heavy atom. The molecule has 2 rings (SSSR count). The van der Waals surface area contributed by atoms with Gasteiger partial charge < -0.3 is 20.1 Å². The van der Waals surface area contributed by atoms with Crippen molar-refractivity contribution in [2.75, 3.05) is 19.0 Å². The van der Waals surface area contributed by atoms with E-state index in [1.807, 2.05) is 13.8 Å². The van der Waals surface area contributed by atoms with E-state index in [9.17, 15) is 9.59 Å². The lowest BCUT2D eigenvalue weighted by Gasteiger charge is -2.17. The zero-order valence-corrected chi connectivity index (χ0v) is 16.8. The molecule has 1 atom stereocenters. The van der Waals surface area contributed by atoms with Gasteiger partial charge >= 0.3 is 0 Å². The number of nitrogens with one attached hydrogen (secondary N) is 2. The topological polar surface area (TPSA) is 102 Å². The van der Waals surface area contributed by atoms with Gasteiger partial charge in [0, 0.05) is 18.1 Å². The zero-order chi connectivity index (χ0) is 20.7. The molecule has 8 nitrogen and oxygen atoms in total. The van der Waals surface area contributed by atoms with E-state index in [0.29, 0.717) is 29.7 Å². The number of pyridine rings is 2. The van der Waals surface area contributed by atoms with Crippen LogP contribution in [0.1, 0.15) is 49.8 Å². The summed E-state index contributed by atoms with van der Waals surface area (Å²) in [6.07, 6.45) is 1.43. The molecule has 0 aromatic carbocycles. The van der Waals surface area contributed by atoms with E-state index >= 15 is 0 Å². The highest BCUT2D eigenvalue weighted by Gasteiger charge is 2.20. The van der Waals surface area contributed by atoms with Gasteiger partial charge in [-0.05, 0) is 19.9 Å². The van der Waals surface area contributed by atoms with Crippen molar-refractivity contribution >= 4 is 17.5 Å². The number of rotatable bonds is 8. The Balaban J connectivity index is 2.27. The lowest BCUT2D eigenvalue weighted by molar-refractivity contribution is -0.118. The smallest absolute Gasteiger partial charge is 0.254 e. The average molecular weight is 386 g/mol. The van der Waals surface area contributed by atoms with Gasteiger partial charge in [0.05, 0.1) is 42.9 Å². The summed E-state index contributed by atoms with van der Waals surface area (Å²) >= 11 is 0. The molecule has 1 unspecified atom stereocenters. The van der Waals surface area contributed by atoms with Crippen molar-refractivity contribution in [3.8, 4) is 11.8 Å². The predicted molar refractivity (Wildman–Crippen MR) is 106 cm³/mol. The number of carbonyl (C=O) groups excluding carboxylic acids is 2. The largest absolute Gasteiger partial charge is 0.481 e. The Hall–Kier alpha value is -3.16. The SMILES string of the molecule is CCOc1cc(C(=O)NC(C)c2cccc(OC)n2)c(NC(=O)C(C)C)cn1. The molecule has 0 bridgehead atoms. The van der Waals surface area contributed by atoms with Crippen molar-refractivity contribution in [3.05, 3.63) is 41.7 Å². The summed E-state index contributed by atoms with van der Waals surface area (Å²) in [7, 11) is 1.53. The van der Waals surface area contributed by atoms with E-state index in [1.54, 1.807) is 32.0 Å². The maximum absolute atomic E-state index is 12.9. The van der Waals surface area contributed by atoms with Crippen LogP contribution in [0.5, 0.6) is 11.8 Å². The van der Waals surface area contributed by atoms with Crippen LogP contribution in [0.15, 0.2) is 30.5 Å². The van der Waals surface area contributed by atoms with Gasteiger partial charge in [-0.3, -0.25) is 9.59 Å². The quantitative estimate of drug-likeness (QED) is 0.723. The number of nitrogens with zero attached hydrogens (tertiary/aromatic N) is 2. The second-order valence-corrected chi connectivity index (χ2v) is 6.45. The molecule has 0 aliphatic carbocycles. The van der Waals surface area contributed by atoms with Gasteiger partial charge in [-0.15, -0.1) is 0 Å². The molecular weight excluding hydrogens is 360 g/mol. The monoisotopic (exact) mass is 386 g/mol. The minimum absolute atomic E-state index is 0.206. The second-order valence-electron chi connectivity index (χ2n) is 6.45. The molecule has 0 saturated carbocycles. The number of anilines is 1. The van der Waals surface area contributed by atoms with Crippen molar-refractivity contribution in [1.82, 2.24) is 15.3 Å². The minimum Gasteiger partial charge on any atom is -0.481 e. The third-order valence-electron chi connectivity index (χ3n) is 3.94. The van der Waals surface area contributed by atoms with Crippen LogP contribution in [-0.2, 0) is 4.79 Å². The van der Waals surface area contributed by atoms with E-state index in [0.717, 1.165) is 0 Å². The molecule has 28 heavy (non-hydrogen) atoms. The average Bonchev–Trinajstić information content (AvgIpc) is 2.69. The maximum atomic E-state index is 12.9. The fourth-order valence-electron chi connectivity index (χ4n) is 2.36. The van der Waals surface area contributed by atoms with Crippen LogP contribution in [0.3, 0.4) is 0 Å². The lowest BCUT2D eigenvalue weighted by atomic mass is 10.1. The third-order valence-corrected chi connectivity index (χ3v) is 3.94. The summed E-state index contributed by atoms with van der Waals surface area (Å²) in [4.78, 5) is 33.5. The van der Waals surface area contributed by atoms with Crippen molar-refractivity contribution in [1.29, 1.82) is 0 Å². The highest BCUT2D eigenvalue weighted by atomic mass is 16.5. The van der Waals surface area contributed by atoms with Crippen molar-refractivity contribution < 1.29 is 19.1 Å². The molecule has 0 aliphatic heterocycles. The van der Waals surface area contributed by atoms with E-state index < -0.39 is 0 Å². The van der Waals surface area contributed by atoms with Crippen molar-refractivity contribution in [3.63, 3.8) is 0 Å². The Morgan fingerprint density at radius 1 is 1.18 bits per heavy atom. The first-order valence-corrected chi connectivity index (χ1v) is 9.11. The van der Waals surface area contributed by atoms with E-state index in [4.69, 9.17) is 9.47 Å². The first-order chi connectivity index (χ1) is 13.3. The molecular formula is C20H26N4O4. The first-order valence-electron chi connectivity index (χ1n) is 9.11. The number of ether oxygens (including phenoxy) is 2. The summed E-state index contributed by atoms with van der Waals surface area (Å²) in [6, 6.07) is 6.47. The molecule has 2 aromatic rings. The second kappa shape index (κ2) is 9.68. The number of hydrogen-bond donors (Lipinski definition) is 2. The van der Waals surface area contributed by atoms with Crippen LogP contribution in [0.25, 0.3) is 0 Å². The fourth-order valence-corrected chi connectivity index (χ4v) is 2.36. The lowest BCUT2D eigenvalue weighted by Crippen LogP contribution is -2.29. The van der Waals surface area contributed by atoms with Gasteiger partial charge in [0.25, 0.3) is 5.91 Å².